The van der Waals surface area contributed by atoms with Crippen molar-refractivity contribution in [1.29, 1.82) is 0 Å². The number of carbonyl (C=O) groups is 1. The zero-order chi connectivity index (χ0) is 23.2. The Bertz CT molecular complexity index is 634. The summed E-state index contributed by atoms with van der Waals surface area (Å²) in [4.78, 5) is 5.40. The van der Waals surface area contributed by atoms with Crippen LogP contribution in [0.25, 0.3) is 0 Å². The first kappa shape index (κ1) is 24.5. The molecular weight excluding hydrogens is 461 g/mol. The number of piperidine rings is 1. The van der Waals surface area contributed by atoms with Crippen molar-refractivity contribution in [3.63, 3.8) is 0 Å². The van der Waals surface area contributed by atoms with Crippen molar-refractivity contribution in [2.45, 2.75) is 47.8 Å². The van der Waals surface area contributed by atoms with Gasteiger partial charge in [-0.1, -0.05) is 0 Å². The molecule has 2 nitrogen and oxygen atoms in total. The maximum Gasteiger partial charge on any atom is 0.440 e. The van der Waals surface area contributed by atoms with Crippen molar-refractivity contribution in [2.75, 3.05) is 0 Å². The summed E-state index contributed by atoms with van der Waals surface area (Å²) in [5.74, 6) is -23.9. The summed E-state index contributed by atoms with van der Waals surface area (Å²) in [7, 11) is 0. The molecule has 0 N–H and O–H groups in total. The Morgan fingerprint density at radius 3 is 1.11 bits per heavy atom. The highest BCUT2D eigenvalue weighted by Crippen LogP contribution is 2.68. The smallest absolute Gasteiger partial charge is 0.257 e. The number of alkyl halides is 16. The van der Waals surface area contributed by atoms with Crippen molar-refractivity contribution < 1.29 is 79.4 Å². The zero-order valence-corrected chi connectivity index (χ0v) is 11.8. The molecule has 19 heteroatoms. The van der Waals surface area contributed by atoms with E-state index in [-0.39, 0.29) is 0 Å². The van der Waals surface area contributed by atoms with Crippen LogP contribution in [-0.2, 0) is 4.79 Å². The molecule has 1 saturated heterocycles. The van der Waals surface area contributed by atoms with Crippen molar-refractivity contribution in [3.05, 3.63) is 0 Å². The molecule has 0 bridgehead atoms. The average molecular weight is 461 g/mol. The SMILES string of the molecule is O=C(F)C(F)(C(F)(F)F)C(F)(F)N1C(F)(F)C(F)(F)C(F)(F)C(F)(F)C1(F)F. The average Bonchev–Trinajstić information content (AvgIpc) is 2.41. The second-order valence-corrected chi connectivity index (χ2v) is 5.11. The van der Waals surface area contributed by atoms with Gasteiger partial charge in [-0.05, 0) is 0 Å². The summed E-state index contributed by atoms with van der Waals surface area (Å²) in [5, 5.41) is 0. The van der Waals surface area contributed by atoms with E-state index in [2.05, 4.69) is 0 Å². The molecule has 0 radical (unpaired) electrons. The van der Waals surface area contributed by atoms with Crippen LogP contribution >= 0.6 is 0 Å². The highest BCUT2D eigenvalue weighted by atomic mass is 19.4. The van der Waals surface area contributed by atoms with Crippen LogP contribution < -0.4 is 0 Å². The largest absolute Gasteiger partial charge is 0.440 e. The summed E-state index contributed by atoms with van der Waals surface area (Å²) < 4.78 is 220. The fourth-order valence-corrected chi connectivity index (χ4v) is 1.94. The van der Waals surface area contributed by atoms with Crippen LogP contribution in [0, 0.1) is 0 Å². The number of likely N-dealkylation sites (tertiary alicyclic amines) is 1. The van der Waals surface area contributed by atoms with Gasteiger partial charge in [0, 0.05) is 0 Å². The van der Waals surface area contributed by atoms with Gasteiger partial charge in [-0.15, -0.1) is 4.90 Å². The minimum Gasteiger partial charge on any atom is -0.257 e. The van der Waals surface area contributed by atoms with Crippen LogP contribution in [0.4, 0.5) is 74.6 Å². The number of nitrogens with zero attached hydrogens (tertiary/aromatic N) is 1. The molecule has 1 heterocycles. The normalized spacial score (nSPS) is 28.5. The molecule has 1 rings (SSSR count). The summed E-state index contributed by atoms with van der Waals surface area (Å²) >= 11 is 0. The number of halogens is 17. The van der Waals surface area contributed by atoms with Crippen LogP contribution in [0.5, 0.6) is 0 Å². The Kier molecular flexibility index (Phi) is 4.83. The van der Waals surface area contributed by atoms with E-state index in [1.54, 1.807) is 0 Å². The fourth-order valence-electron chi connectivity index (χ4n) is 1.94. The fraction of sp³-hybridized carbons (Fsp3) is 0.889. The van der Waals surface area contributed by atoms with E-state index in [1.165, 1.54) is 0 Å². The lowest BCUT2D eigenvalue weighted by Gasteiger charge is -2.54. The Morgan fingerprint density at radius 1 is 0.607 bits per heavy atom. The summed E-state index contributed by atoms with van der Waals surface area (Å²) in [6, 6.07) is -29.6. The summed E-state index contributed by atoms with van der Waals surface area (Å²) in [5.41, 5.74) is -7.87. The third-order valence-electron chi connectivity index (χ3n) is 3.46. The van der Waals surface area contributed by atoms with Gasteiger partial charge in [-0.2, -0.15) is 70.2 Å². The van der Waals surface area contributed by atoms with Gasteiger partial charge in [0.05, 0.1) is 0 Å². The first-order valence-corrected chi connectivity index (χ1v) is 5.84. The van der Waals surface area contributed by atoms with Crippen LogP contribution in [0.1, 0.15) is 0 Å². The molecule has 1 unspecified atom stereocenters. The van der Waals surface area contributed by atoms with Gasteiger partial charge in [0.1, 0.15) is 0 Å². The van der Waals surface area contributed by atoms with Crippen molar-refractivity contribution in [3.8, 4) is 0 Å². The third kappa shape index (κ3) is 2.30. The highest BCUT2D eigenvalue weighted by molar-refractivity contribution is 5.81. The Hall–Kier alpha value is -1.56. The van der Waals surface area contributed by atoms with Gasteiger partial charge >= 0.3 is 53.8 Å². The molecule has 0 aliphatic carbocycles. The minimum absolute atomic E-state index is 4.59. The molecule has 0 aromatic heterocycles. The van der Waals surface area contributed by atoms with Gasteiger partial charge in [-0.3, -0.25) is 4.79 Å². The molecule has 1 atom stereocenters. The molecule has 0 spiro atoms. The standard InChI is InChI=1S/C9F17NO/c10-1(28)2(11,6(18,19)20)7(21,22)27-8(23,24)4(14,15)3(12,13)5(16,17)9(27,25)26. The maximum absolute atomic E-state index is 13.5. The van der Waals surface area contributed by atoms with E-state index in [0.29, 0.717) is 0 Å². The molecule has 1 fully saturated rings. The van der Waals surface area contributed by atoms with E-state index in [1.807, 2.05) is 0 Å². The molecule has 1 aliphatic heterocycles. The second-order valence-electron chi connectivity index (χ2n) is 5.11. The van der Waals surface area contributed by atoms with Crippen molar-refractivity contribution in [1.82, 2.24) is 4.90 Å². The predicted molar refractivity (Wildman–Crippen MR) is 47.5 cm³/mol. The van der Waals surface area contributed by atoms with Gasteiger partial charge < -0.3 is 0 Å². The minimum atomic E-state index is -8.30. The second kappa shape index (κ2) is 5.53. The summed E-state index contributed by atoms with van der Waals surface area (Å²) in [6.07, 6.45) is -7.79. The van der Waals surface area contributed by atoms with Crippen LogP contribution in [0.2, 0.25) is 0 Å². The van der Waals surface area contributed by atoms with Crippen molar-refractivity contribution in [2.24, 2.45) is 0 Å². The molecule has 1 aliphatic rings. The molecular formula is C9F17NO. The van der Waals surface area contributed by atoms with E-state index >= 15 is 0 Å². The molecule has 28 heavy (non-hydrogen) atoms. The van der Waals surface area contributed by atoms with E-state index in [9.17, 15) is 79.4 Å². The predicted octanol–water partition coefficient (Wildman–Crippen LogP) is 4.75. The topological polar surface area (TPSA) is 20.3 Å². The van der Waals surface area contributed by atoms with Gasteiger partial charge in [0.2, 0.25) is 0 Å². The number of carbonyl (C=O) groups excluding carboxylic acids is 1. The molecule has 0 saturated carbocycles. The van der Waals surface area contributed by atoms with Gasteiger partial charge in [0.25, 0.3) is 0 Å². The Balaban J connectivity index is 4.04. The highest BCUT2D eigenvalue weighted by Gasteiger charge is 3.00. The van der Waals surface area contributed by atoms with Crippen LogP contribution in [0.3, 0.4) is 0 Å². The Labute approximate surface area is 139 Å². The van der Waals surface area contributed by atoms with E-state index < -0.39 is 58.7 Å². The quantitative estimate of drug-likeness (QED) is 0.344. The molecule has 0 aromatic carbocycles. The van der Waals surface area contributed by atoms with E-state index in [4.69, 9.17) is 0 Å². The lowest BCUT2D eigenvalue weighted by atomic mass is 9.90. The number of hydrogen-bond donors (Lipinski definition) is 0. The Morgan fingerprint density at radius 2 is 0.893 bits per heavy atom. The van der Waals surface area contributed by atoms with Gasteiger partial charge in [-0.25, -0.2) is 4.39 Å². The first-order valence-electron chi connectivity index (χ1n) is 5.84. The third-order valence-corrected chi connectivity index (χ3v) is 3.46. The molecule has 0 aromatic rings. The summed E-state index contributed by atoms with van der Waals surface area (Å²) in [6.45, 7) is 0. The van der Waals surface area contributed by atoms with Crippen molar-refractivity contribution >= 4 is 6.04 Å². The van der Waals surface area contributed by atoms with E-state index in [0.717, 1.165) is 0 Å². The van der Waals surface area contributed by atoms with Gasteiger partial charge in [0.15, 0.2) is 0 Å². The van der Waals surface area contributed by atoms with Crippen LogP contribution in [0.15, 0.2) is 0 Å². The maximum atomic E-state index is 13.5. The first-order chi connectivity index (χ1) is 11.8. The molecule has 166 valence electrons. The zero-order valence-electron chi connectivity index (χ0n) is 11.8. The monoisotopic (exact) mass is 461 g/mol. The van der Waals surface area contributed by atoms with Crippen LogP contribution in [-0.4, -0.2) is 58.7 Å². The lowest BCUT2D eigenvalue weighted by molar-refractivity contribution is -0.545. The number of rotatable bonds is 3. The molecule has 0 amide bonds. The number of hydrogen-bond acceptors (Lipinski definition) is 2. The lowest BCUT2D eigenvalue weighted by Crippen LogP contribution is -2.87.